The molecule has 0 radical (unpaired) electrons. The van der Waals surface area contributed by atoms with Crippen molar-refractivity contribution in [1.82, 2.24) is 15.0 Å². The maximum absolute atomic E-state index is 12.6. The number of hydrogen-bond donors (Lipinski definition) is 2. The van der Waals surface area contributed by atoms with Crippen molar-refractivity contribution in [2.24, 2.45) is 0 Å². The molecule has 3 heterocycles. The molecule has 0 aliphatic rings. The number of carbonyl (C=O) groups excluding carboxylic acids is 1. The van der Waals surface area contributed by atoms with Gasteiger partial charge in [-0.25, -0.2) is 9.78 Å². The first-order chi connectivity index (χ1) is 12.9. The van der Waals surface area contributed by atoms with Crippen molar-refractivity contribution in [2.45, 2.75) is 26.4 Å². The Morgan fingerprint density at radius 3 is 2.67 bits per heavy atom. The molecule has 0 aliphatic heterocycles. The third-order valence-electron chi connectivity index (χ3n) is 4.33. The van der Waals surface area contributed by atoms with E-state index in [2.05, 4.69) is 15.0 Å². The van der Waals surface area contributed by atoms with E-state index in [4.69, 9.17) is 9.47 Å². The van der Waals surface area contributed by atoms with E-state index >= 15 is 0 Å². The molecule has 0 atom stereocenters. The molecule has 0 unspecified atom stereocenters. The van der Waals surface area contributed by atoms with Crippen LogP contribution in [0, 0.1) is 0 Å². The average Bonchev–Trinajstić information content (AvgIpc) is 3.22. The smallest absolute Gasteiger partial charge is 0.339 e. The zero-order chi connectivity index (χ0) is 19.2. The largest absolute Gasteiger partial charge is 0.497 e. The van der Waals surface area contributed by atoms with Crippen LogP contribution in [-0.2, 0) is 4.74 Å². The number of carbonyl (C=O) groups is 1. The van der Waals surface area contributed by atoms with Gasteiger partial charge in [0, 0.05) is 39.9 Å². The summed E-state index contributed by atoms with van der Waals surface area (Å²) >= 11 is 0. The highest BCUT2D eigenvalue weighted by Gasteiger charge is 2.21. The summed E-state index contributed by atoms with van der Waals surface area (Å²) in [5.41, 5.74) is 3.44. The van der Waals surface area contributed by atoms with E-state index in [1.807, 2.05) is 51.2 Å². The summed E-state index contributed by atoms with van der Waals surface area (Å²) in [5.74, 6) is 0.424. The van der Waals surface area contributed by atoms with E-state index in [0.29, 0.717) is 11.2 Å². The van der Waals surface area contributed by atoms with Crippen LogP contribution >= 0.6 is 0 Å². The summed E-state index contributed by atoms with van der Waals surface area (Å²) in [6.45, 7) is 5.56. The van der Waals surface area contributed by atoms with Gasteiger partial charge in [0.2, 0.25) is 0 Å². The Balaban J connectivity index is 1.83. The average molecular weight is 363 g/mol. The van der Waals surface area contributed by atoms with Crippen molar-refractivity contribution in [3.05, 3.63) is 48.3 Å². The first kappa shape index (κ1) is 17.1. The Labute approximate surface area is 156 Å². The lowest BCUT2D eigenvalue weighted by Crippen LogP contribution is -2.24. The maximum atomic E-state index is 12.6. The number of rotatable bonds is 3. The predicted molar refractivity (Wildman–Crippen MR) is 105 cm³/mol. The highest BCUT2D eigenvalue weighted by atomic mass is 16.6. The second kappa shape index (κ2) is 6.16. The summed E-state index contributed by atoms with van der Waals surface area (Å²) in [7, 11) is 1.65. The number of nitrogens with zero attached hydrogens (tertiary/aromatic N) is 1. The molecule has 6 nitrogen and oxygen atoms in total. The van der Waals surface area contributed by atoms with Crippen molar-refractivity contribution in [2.75, 3.05) is 7.11 Å². The number of aromatic amines is 2. The van der Waals surface area contributed by atoms with Crippen LogP contribution in [0.2, 0.25) is 0 Å². The lowest BCUT2D eigenvalue weighted by atomic mass is 10.1. The van der Waals surface area contributed by atoms with Gasteiger partial charge in [-0.05, 0) is 51.1 Å². The van der Waals surface area contributed by atoms with Gasteiger partial charge < -0.3 is 19.4 Å². The van der Waals surface area contributed by atoms with Gasteiger partial charge in [-0.2, -0.15) is 0 Å². The van der Waals surface area contributed by atoms with E-state index in [0.717, 1.165) is 33.3 Å². The monoisotopic (exact) mass is 363 g/mol. The molecule has 0 saturated carbocycles. The van der Waals surface area contributed by atoms with Crippen LogP contribution in [0.1, 0.15) is 31.1 Å². The summed E-state index contributed by atoms with van der Waals surface area (Å²) in [4.78, 5) is 23.5. The van der Waals surface area contributed by atoms with Crippen molar-refractivity contribution >= 4 is 27.9 Å². The van der Waals surface area contributed by atoms with E-state index in [1.165, 1.54) is 0 Å². The van der Waals surface area contributed by atoms with Gasteiger partial charge in [-0.1, -0.05) is 0 Å². The Morgan fingerprint density at radius 1 is 1.11 bits per heavy atom. The van der Waals surface area contributed by atoms with Crippen molar-refractivity contribution < 1.29 is 14.3 Å². The van der Waals surface area contributed by atoms with Gasteiger partial charge in [0.25, 0.3) is 0 Å². The molecule has 0 bridgehead atoms. The molecule has 6 heteroatoms. The molecule has 0 saturated heterocycles. The van der Waals surface area contributed by atoms with Crippen molar-refractivity contribution in [1.29, 1.82) is 0 Å². The molecule has 0 fully saturated rings. The summed E-state index contributed by atoms with van der Waals surface area (Å²) in [6, 6.07) is 9.49. The number of hydrogen-bond acceptors (Lipinski definition) is 4. The number of pyridine rings is 1. The summed E-state index contributed by atoms with van der Waals surface area (Å²) in [5, 5.41) is 1.76. The zero-order valence-corrected chi connectivity index (χ0v) is 15.7. The highest BCUT2D eigenvalue weighted by Crippen LogP contribution is 2.33. The Hall–Kier alpha value is -3.28. The number of benzene rings is 1. The molecular formula is C21H21N3O3. The number of nitrogens with one attached hydrogen (secondary N) is 2. The van der Waals surface area contributed by atoms with Crippen molar-refractivity contribution in [3.8, 4) is 17.0 Å². The van der Waals surface area contributed by atoms with Gasteiger partial charge in [-0.3, -0.25) is 0 Å². The molecule has 0 aliphatic carbocycles. The topological polar surface area (TPSA) is 80.0 Å². The van der Waals surface area contributed by atoms with Crippen LogP contribution in [-0.4, -0.2) is 33.6 Å². The fraction of sp³-hybridized carbons (Fsp3) is 0.238. The predicted octanol–water partition coefficient (Wildman–Crippen LogP) is 4.68. The van der Waals surface area contributed by atoms with Gasteiger partial charge in [0.05, 0.1) is 12.7 Å². The second-order valence-corrected chi connectivity index (χ2v) is 7.42. The quantitative estimate of drug-likeness (QED) is 0.518. The minimum atomic E-state index is -0.556. The van der Waals surface area contributed by atoms with E-state index < -0.39 is 5.60 Å². The number of esters is 1. The lowest BCUT2D eigenvalue weighted by molar-refractivity contribution is 0.00718. The maximum Gasteiger partial charge on any atom is 0.339 e. The minimum Gasteiger partial charge on any atom is -0.497 e. The highest BCUT2D eigenvalue weighted by molar-refractivity contribution is 6.05. The van der Waals surface area contributed by atoms with Gasteiger partial charge in [0.15, 0.2) is 0 Å². The van der Waals surface area contributed by atoms with Crippen LogP contribution in [0.3, 0.4) is 0 Å². The lowest BCUT2D eigenvalue weighted by Gasteiger charge is -2.19. The van der Waals surface area contributed by atoms with Crippen LogP contribution in [0.4, 0.5) is 0 Å². The Kier molecular flexibility index (Phi) is 3.91. The third-order valence-corrected chi connectivity index (χ3v) is 4.33. The zero-order valence-electron chi connectivity index (χ0n) is 15.7. The number of H-pyrrole nitrogens is 2. The fourth-order valence-corrected chi connectivity index (χ4v) is 3.13. The van der Waals surface area contributed by atoms with Crippen molar-refractivity contribution in [3.63, 3.8) is 0 Å². The number of methoxy groups -OCH3 is 1. The molecule has 0 amide bonds. The molecular weight excluding hydrogens is 342 g/mol. The Morgan fingerprint density at radius 2 is 1.93 bits per heavy atom. The molecule has 4 rings (SSSR count). The summed E-state index contributed by atoms with van der Waals surface area (Å²) in [6.07, 6.45) is 3.54. The molecule has 4 aromatic rings. The standard InChI is InChI=1S/C21H21N3O3/c1-21(2,3)27-20(25)13-7-8-22-19-15(13)10-18(24-19)16-11-23-17-6-5-12(26-4)9-14(16)17/h5-11,23H,1-4H3,(H,22,24). The van der Waals surface area contributed by atoms with Gasteiger partial charge in [0.1, 0.15) is 17.0 Å². The molecule has 2 N–H and O–H groups in total. The molecule has 27 heavy (non-hydrogen) atoms. The Bertz CT molecular complexity index is 1150. The molecule has 3 aromatic heterocycles. The van der Waals surface area contributed by atoms with Crippen LogP contribution in [0.15, 0.2) is 42.7 Å². The van der Waals surface area contributed by atoms with Gasteiger partial charge >= 0.3 is 5.97 Å². The second-order valence-electron chi connectivity index (χ2n) is 7.42. The van der Waals surface area contributed by atoms with E-state index in [9.17, 15) is 4.79 Å². The van der Waals surface area contributed by atoms with Crippen LogP contribution in [0.25, 0.3) is 33.2 Å². The van der Waals surface area contributed by atoms with E-state index in [-0.39, 0.29) is 5.97 Å². The molecule has 0 spiro atoms. The number of fused-ring (bicyclic) bond motifs is 2. The molecule has 1 aromatic carbocycles. The SMILES string of the molecule is COc1ccc2[nH]cc(-c3cc4c(C(=O)OC(C)(C)C)ccnc4[nH]3)c2c1. The number of ether oxygens (including phenoxy) is 2. The first-order valence-electron chi connectivity index (χ1n) is 8.72. The third kappa shape index (κ3) is 3.14. The van der Waals surface area contributed by atoms with Crippen LogP contribution in [0.5, 0.6) is 5.75 Å². The number of aromatic nitrogens is 3. The minimum absolute atomic E-state index is 0.360. The molecule has 138 valence electrons. The summed E-state index contributed by atoms with van der Waals surface area (Å²) < 4.78 is 10.9. The van der Waals surface area contributed by atoms with E-state index in [1.54, 1.807) is 19.4 Å². The fourth-order valence-electron chi connectivity index (χ4n) is 3.13. The normalized spacial score (nSPS) is 11.9. The van der Waals surface area contributed by atoms with Crippen LogP contribution < -0.4 is 4.74 Å². The first-order valence-corrected chi connectivity index (χ1v) is 8.72. The van der Waals surface area contributed by atoms with Gasteiger partial charge in [-0.15, -0.1) is 0 Å².